The largest absolute Gasteiger partial charge is 0.481 e. The molecule has 0 fully saturated rings. The molecule has 25 heavy (non-hydrogen) atoms. The van der Waals surface area contributed by atoms with Gasteiger partial charge in [-0.2, -0.15) is 0 Å². The van der Waals surface area contributed by atoms with Crippen molar-refractivity contribution >= 4 is 11.9 Å². The van der Waals surface area contributed by atoms with Gasteiger partial charge in [0.2, 0.25) is 0 Å². The molecule has 2 N–H and O–H groups in total. The second-order valence-electron chi connectivity index (χ2n) is 6.29. The highest BCUT2D eigenvalue weighted by molar-refractivity contribution is 5.79. The van der Waals surface area contributed by atoms with Crippen LogP contribution in [0.5, 0.6) is 0 Å². The van der Waals surface area contributed by atoms with E-state index >= 15 is 0 Å². The maximum Gasteiger partial charge on any atom is 0.319 e. The van der Waals surface area contributed by atoms with E-state index in [1.807, 2.05) is 24.3 Å². The van der Waals surface area contributed by atoms with Gasteiger partial charge in [0.05, 0.1) is 13.0 Å². The number of fused-ring (bicyclic) bond motifs is 3. The molecule has 0 heterocycles. The number of ether oxygens (including phenoxy) is 1. The summed E-state index contributed by atoms with van der Waals surface area (Å²) in [6, 6.07) is 16.1. The average molecular weight is 339 g/mol. The lowest BCUT2D eigenvalue weighted by molar-refractivity contribution is -0.143. The van der Waals surface area contributed by atoms with Gasteiger partial charge >= 0.3 is 11.9 Å². The lowest BCUT2D eigenvalue weighted by Crippen LogP contribution is -2.34. The SMILES string of the molecule is CC(CC(=O)O)NCC(=O)OCC1c2ccccc2-c2ccccc21. The van der Waals surface area contributed by atoms with Crippen molar-refractivity contribution in [2.45, 2.75) is 25.3 Å². The van der Waals surface area contributed by atoms with E-state index < -0.39 is 5.97 Å². The van der Waals surface area contributed by atoms with Crippen LogP contribution in [0.1, 0.15) is 30.4 Å². The highest BCUT2D eigenvalue weighted by Gasteiger charge is 2.28. The Bertz CT molecular complexity index is 741. The Kier molecular flexibility index (Phi) is 5.14. The van der Waals surface area contributed by atoms with Gasteiger partial charge in [-0.1, -0.05) is 48.5 Å². The van der Waals surface area contributed by atoms with Crippen LogP contribution in [0.3, 0.4) is 0 Å². The van der Waals surface area contributed by atoms with E-state index in [1.54, 1.807) is 6.92 Å². The lowest BCUT2D eigenvalue weighted by atomic mass is 9.98. The minimum absolute atomic E-state index is 0.00442. The van der Waals surface area contributed by atoms with E-state index in [0.717, 1.165) is 0 Å². The van der Waals surface area contributed by atoms with Gasteiger partial charge in [0.25, 0.3) is 0 Å². The van der Waals surface area contributed by atoms with Crippen molar-refractivity contribution in [1.82, 2.24) is 5.32 Å². The minimum atomic E-state index is -0.896. The molecule has 0 aromatic heterocycles. The van der Waals surface area contributed by atoms with Crippen LogP contribution < -0.4 is 5.32 Å². The minimum Gasteiger partial charge on any atom is -0.481 e. The molecule has 1 aliphatic rings. The van der Waals surface area contributed by atoms with Gasteiger partial charge in [0.1, 0.15) is 6.61 Å². The third kappa shape index (κ3) is 3.88. The van der Waals surface area contributed by atoms with Crippen LogP contribution in [-0.2, 0) is 14.3 Å². The van der Waals surface area contributed by atoms with Crippen LogP contribution in [0.4, 0.5) is 0 Å². The number of carboxylic acid groups (broad SMARTS) is 1. The third-order valence-electron chi connectivity index (χ3n) is 4.45. The zero-order chi connectivity index (χ0) is 17.8. The number of aliphatic carboxylic acids is 1. The number of hydrogen-bond acceptors (Lipinski definition) is 4. The highest BCUT2D eigenvalue weighted by atomic mass is 16.5. The predicted octanol–water partition coefficient (Wildman–Crippen LogP) is 2.79. The summed E-state index contributed by atoms with van der Waals surface area (Å²) in [5.41, 5.74) is 4.71. The second kappa shape index (κ2) is 7.49. The zero-order valence-electron chi connectivity index (χ0n) is 14.1. The summed E-state index contributed by atoms with van der Waals surface area (Å²) in [4.78, 5) is 22.6. The smallest absolute Gasteiger partial charge is 0.319 e. The first-order valence-electron chi connectivity index (χ1n) is 8.35. The molecule has 0 bridgehead atoms. The van der Waals surface area contributed by atoms with Crippen LogP contribution in [0, 0.1) is 0 Å². The number of hydrogen-bond donors (Lipinski definition) is 2. The molecule has 0 spiro atoms. The van der Waals surface area contributed by atoms with Gasteiger partial charge in [-0.25, -0.2) is 0 Å². The zero-order valence-corrected chi connectivity index (χ0v) is 14.1. The van der Waals surface area contributed by atoms with Crippen molar-refractivity contribution in [3.8, 4) is 11.1 Å². The Morgan fingerprint density at radius 1 is 1.08 bits per heavy atom. The molecule has 5 heteroatoms. The van der Waals surface area contributed by atoms with Gasteiger partial charge in [-0.3, -0.25) is 9.59 Å². The molecule has 2 aromatic rings. The summed E-state index contributed by atoms with van der Waals surface area (Å²) in [5, 5.41) is 11.6. The molecule has 1 aliphatic carbocycles. The number of esters is 1. The third-order valence-corrected chi connectivity index (χ3v) is 4.45. The number of nitrogens with one attached hydrogen (secondary N) is 1. The standard InChI is InChI=1S/C20H21NO4/c1-13(10-19(22)23)21-11-20(24)25-12-18-16-8-4-2-6-14(16)15-7-3-5-9-17(15)18/h2-9,13,18,21H,10-12H2,1H3,(H,22,23). The van der Waals surface area contributed by atoms with Crippen molar-refractivity contribution in [2.24, 2.45) is 0 Å². The van der Waals surface area contributed by atoms with Gasteiger partial charge < -0.3 is 15.2 Å². The van der Waals surface area contributed by atoms with E-state index in [-0.39, 0.29) is 37.5 Å². The molecule has 0 radical (unpaired) electrons. The Hall–Kier alpha value is -2.66. The summed E-state index contributed by atoms with van der Waals surface area (Å²) < 4.78 is 5.45. The van der Waals surface area contributed by atoms with E-state index in [1.165, 1.54) is 22.3 Å². The second-order valence-corrected chi connectivity index (χ2v) is 6.29. The fraction of sp³-hybridized carbons (Fsp3) is 0.300. The Labute approximate surface area is 146 Å². The highest BCUT2D eigenvalue weighted by Crippen LogP contribution is 2.44. The summed E-state index contributed by atoms with van der Waals surface area (Å²) in [5.74, 6) is -1.24. The lowest BCUT2D eigenvalue weighted by Gasteiger charge is -2.15. The molecule has 2 aromatic carbocycles. The summed E-state index contributed by atoms with van der Waals surface area (Å²) in [7, 11) is 0. The number of benzene rings is 2. The van der Waals surface area contributed by atoms with Crippen LogP contribution in [0.2, 0.25) is 0 Å². The molecule has 3 rings (SSSR count). The molecule has 1 unspecified atom stereocenters. The quantitative estimate of drug-likeness (QED) is 0.759. The van der Waals surface area contributed by atoms with E-state index in [9.17, 15) is 9.59 Å². The van der Waals surface area contributed by atoms with Crippen molar-refractivity contribution in [1.29, 1.82) is 0 Å². The first-order valence-corrected chi connectivity index (χ1v) is 8.35. The molecule has 0 saturated heterocycles. The summed E-state index contributed by atoms with van der Waals surface area (Å²) in [6.45, 7) is 2.01. The Morgan fingerprint density at radius 3 is 2.20 bits per heavy atom. The summed E-state index contributed by atoms with van der Waals surface area (Å²) in [6.07, 6.45) is -0.0311. The monoisotopic (exact) mass is 339 g/mol. The van der Waals surface area contributed by atoms with Crippen molar-refractivity contribution in [3.05, 3.63) is 59.7 Å². The molecule has 0 saturated carbocycles. The number of carbonyl (C=O) groups excluding carboxylic acids is 1. The molecule has 0 amide bonds. The van der Waals surface area contributed by atoms with Gasteiger partial charge in [-0.15, -0.1) is 0 Å². The average Bonchev–Trinajstić information content (AvgIpc) is 2.92. The molecule has 130 valence electrons. The summed E-state index contributed by atoms with van der Waals surface area (Å²) >= 11 is 0. The molecule has 5 nitrogen and oxygen atoms in total. The number of rotatable bonds is 7. The van der Waals surface area contributed by atoms with Crippen LogP contribution in [0.25, 0.3) is 11.1 Å². The van der Waals surface area contributed by atoms with E-state index in [2.05, 4.69) is 29.6 Å². The maximum atomic E-state index is 12.0. The maximum absolute atomic E-state index is 12.0. The van der Waals surface area contributed by atoms with E-state index in [4.69, 9.17) is 9.84 Å². The fourth-order valence-electron chi connectivity index (χ4n) is 3.26. The Morgan fingerprint density at radius 2 is 1.64 bits per heavy atom. The van der Waals surface area contributed by atoms with E-state index in [0.29, 0.717) is 0 Å². The van der Waals surface area contributed by atoms with Crippen LogP contribution >= 0.6 is 0 Å². The number of carbonyl (C=O) groups is 2. The van der Waals surface area contributed by atoms with Crippen molar-refractivity contribution < 1.29 is 19.4 Å². The molecule has 1 atom stereocenters. The molecule has 0 aliphatic heterocycles. The fourth-order valence-corrected chi connectivity index (χ4v) is 3.26. The van der Waals surface area contributed by atoms with Crippen LogP contribution in [0.15, 0.2) is 48.5 Å². The van der Waals surface area contributed by atoms with Gasteiger partial charge in [0, 0.05) is 12.0 Å². The van der Waals surface area contributed by atoms with Crippen molar-refractivity contribution in [3.63, 3.8) is 0 Å². The first-order chi connectivity index (χ1) is 12.1. The molecular weight excluding hydrogens is 318 g/mol. The van der Waals surface area contributed by atoms with Gasteiger partial charge in [-0.05, 0) is 29.2 Å². The van der Waals surface area contributed by atoms with Crippen LogP contribution in [-0.4, -0.2) is 36.2 Å². The van der Waals surface area contributed by atoms with Crippen molar-refractivity contribution in [2.75, 3.05) is 13.2 Å². The normalized spacial score (nSPS) is 13.8. The predicted molar refractivity (Wildman–Crippen MR) is 94.4 cm³/mol. The molecular formula is C20H21NO4. The Balaban J connectivity index is 1.62. The number of carboxylic acids is 1. The van der Waals surface area contributed by atoms with Gasteiger partial charge in [0.15, 0.2) is 0 Å². The first kappa shape index (κ1) is 17.2. The topological polar surface area (TPSA) is 75.6 Å².